The molecule has 0 bridgehead atoms. The van der Waals surface area contributed by atoms with Crippen molar-refractivity contribution in [2.45, 2.75) is 37.7 Å². The first-order valence-electron chi connectivity index (χ1n) is 13.2. The summed E-state index contributed by atoms with van der Waals surface area (Å²) in [6.07, 6.45) is 3.10. The molecular formula is C30H30Cl2N4O4S. The lowest BCUT2D eigenvalue weighted by Crippen LogP contribution is -2.42. The Kier molecular flexibility index (Phi) is 8.82. The van der Waals surface area contributed by atoms with Crippen LogP contribution in [0.1, 0.15) is 24.0 Å². The summed E-state index contributed by atoms with van der Waals surface area (Å²) in [5.74, 6) is -0.261. The minimum atomic E-state index is -4.01. The highest BCUT2D eigenvalue weighted by molar-refractivity contribution is 7.89. The number of aromatic nitrogens is 2. The van der Waals surface area contributed by atoms with Gasteiger partial charge in [-0.15, -0.1) is 0 Å². The van der Waals surface area contributed by atoms with Crippen molar-refractivity contribution in [3.05, 3.63) is 94.1 Å². The van der Waals surface area contributed by atoms with Crippen molar-refractivity contribution in [1.82, 2.24) is 13.9 Å². The number of imidazole rings is 1. The number of nitrogens with zero attached hydrogens (tertiary/aromatic N) is 3. The van der Waals surface area contributed by atoms with Crippen LogP contribution in [-0.4, -0.2) is 54.0 Å². The van der Waals surface area contributed by atoms with Gasteiger partial charge in [-0.2, -0.15) is 4.31 Å². The molecule has 214 valence electrons. The Morgan fingerprint density at radius 1 is 1.02 bits per heavy atom. The number of rotatable bonds is 9. The molecule has 1 atom stereocenters. The summed E-state index contributed by atoms with van der Waals surface area (Å²) in [7, 11) is -4.01. The highest BCUT2D eigenvalue weighted by Gasteiger charge is 2.31. The van der Waals surface area contributed by atoms with E-state index in [1.54, 1.807) is 16.7 Å². The number of nitrogens with one attached hydrogen (secondary N) is 1. The van der Waals surface area contributed by atoms with Gasteiger partial charge in [0.25, 0.3) is 0 Å². The van der Waals surface area contributed by atoms with Crippen LogP contribution in [0, 0.1) is 13.8 Å². The van der Waals surface area contributed by atoms with Gasteiger partial charge in [0, 0.05) is 40.6 Å². The first-order valence-corrected chi connectivity index (χ1v) is 15.4. The molecule has 8 nitrogen and oxygen atoms in total. The summed E-state index contributed by atoms with van der Waals surface area (Å²) in [4.78, 5) is 18.2. The van der Waals surface area contributed by atoms with Gasteiger partial charge in [-0.1, -0.05) is 41.4 Å². The first kappa shape index (κ1) is 29.3. The molecule has 41 heavy (non-hydrogen) atoms. The van der Waals surface area contributed by atoms with Gasteiger partial charge in [0.1, 0.15) is 0 Å². The molecule has 4 aromatic rings. The number of benzene rings is 3. The third kappa shape index (κ3) is 6.82. The average molecular weight is 614 g/mol. The highest BCUT2D eigenvalue weighted by Crippen LogP contribution is 2.27. The van der Waals surface area contributed by atoms with Crippen molar-refractivity contribution in [3.63, 3.8) is 0 Å². The van der Waals surface area contributed by atoms with Gasteiger partial charge < -0.3 is 4.74 Å². The van der Waals surface area contributed by atoms with Crippen LogP contribution in [0.4, 0.5) is 5.95 Å². The van der Waals surface area contributed by atoms with Gasteiger partial charge in [-0.25, -0.2) is 13.4 Å². The molecule has 0 radical (unpaired) electrons. The largest absolute Gasteiger partial charge is 0.377 e. The van der Waals surface area contributed by atoms with E-state index in [0.29, 0.717) is 22.3 Å². The summed E-state index contributed by atoms with van der Waals surface area (Å²) < 4.78 is 35.9. The lowest BCUT2D eigenvalue weighted by molar-refractivity contribution is -0.116. The van der Waals surface area contributed by atoms with Crippen LogP contribution in [0.3, 0.4) is 0 Å². The van der Waals surface area contributed by atoms with E-state index in [2.05, 4.69) is 5.32 Å². The van der Waals surface area contributed by atoms with E-state index >= 15 is 0 Å². The topological polar surface area (TPSA) is 93.5 Å². The van der Waals surface area contributed by atoms with E-state index in [4.69, 9.17) is 32.9 Å². The van der Waals surface area contributed by atoms with Gasteiger partial charge in [-0.3, -0.25) is 14.7 Å². The second kappa shape index (κ2) is 12.3. The van der Waals surface area contributed by atoms with Crippen LogP contribution in [0.25, 0.3) is 16.9 Å². The van der Waals surface area contributed by atoms with E-state index in [-0.39, 0.29) is 23.5 Å². The van der Waals surface area contributed by atoms with Gasteiger partial charge >= 0.3 is 0 Å². The summed E-state index contributed by atoms with van der Waals surface area (Å²) in [6, 6.07) is 19.1. The lowest BCUT2D eigenvalue weighted by Gasteiger charge is -2.24. The third-order valence-electron chi connectivity index (χ3n) is 7.07. The van der Waals surface area contributed by atoms with E-state index in [9.17, 15) is 13.2 Å². The van der Waals surface area contributed by atoms with Crippen LogP contribution < -0.4 is 5.32 Å². The van der Waals surface area contributed by atoms with Crippen LogP contribution >= 0.6 is 23.2 Å². The normalized spacial score (nSPS) is 15.4. The van der Waals surface area contributed by atoms with Gasteiger partial charge in [0.05, 0.1) is 23.2 Å². The van der Waals surface area contributed by atoms with Crippen molar-refractivity contribution in [2.75, 3.05) is 25.0 Å². The second-order valence-electron chi connectivity index (χ2n) is 10.0. The fraction of sp³-hybridized carbons (Fsp3) is 0.267. The molecule has 1 aromatic heterocycles. The van der Waals surface area contributed by atoms with Crippen molar-refractivity contribution >= 4 is 45.1 Å². The van der Waals surface area contributed by atoms with Crippen molar-refractivity contribution in [2.24, 2.45) is 0 Å². The van der Waals surface area contributed by atoms with E-state index < -0.39 is 22.5 Å². The smallest absolute Gasteiger partial charge is 0.243 e. The minimum Gasteiger partial charge on any atom is -0.377 e. The number of halogens is 2. The quantitative estimate of drug-likeness (QED) is 0.240. The summed E-state index contributed by atoms with van der Waals surface area (Å²) in [6.45, 7) is 4.24. The molecule has 3 aromatic carbocycles. The van der Waals surface area contributed by atoms with Gasteiger partial charge in [0.15, 0.2) is 0 Å². The number of carbonyl (C=O) groups excluding carboxylic acids is 1. The van der Waals surface area contributed by atoms with Crippen molar-refractivity contribution in [3.8, 4) is 16.9 Å². The number of aryl methyl sites for hydroxylation is 2. The van der Waals surface area contributed by atoms with E-state index in [1.165, 1.54) is 24.3 Å². The Morgan fingerprint density at radius 2 is 1.71 bits per heavy atom. The zero-order valence-electron chi connectivity index (χ0n) is 22.7. The number of hydrogen-bond donors (Lipinski definition) is 1. The SMILES string of the molecule is Cc1ccc(-n2cc(-c3ccc(Cl)cc3)nc2NC(=O)CN(CC2CCCO2)S(=O)(=O)c2ccc(Cl)cc2)cc1C. The zero-order chi connectivity index (χ0) is 29.1. The van der Waals surface area contributed by atoms with E-state index in [0.717, 1.165) is 39.5 Å². The molecule has 5 rings (SSSR count). The molecule has 1 saturated heterocycles. The third-order valence-corrected chi connectivity index (χ3v) is 9.40. The number of amides is 1. The monoisotopic (exact) mass is 612 g/mol. The maximum absolute atomic E-state index is 13.6. The number of hydrogen-bond acceptors (Lipinski definition) is 5. The molecule has 11 heteroatoms. The first-order chi connectivity index (χ1) is 19.6. The molecule has 0 spiro atoms. The molecule has 2 heterocycles. The Hall–Kier alpha value is -3.21. The molecule has 0 aliphatic carbocycles. The number of carbonyl (C=O) groups is 1. The number of sulfonamides is 1. The summed E-state index contributed by atoms with van der Waals surface area (Å²) in [5, 5.41) is 3.87. The Labute approximate surface area is 249 Å². The fourth-order valence-corrected chi connectivity index (χ4v) is 6.32. The van der Waals surface area contributed by atoms with Crippen LogP contribution in [0.5, 0.6) is 0 Å². The maximum Gasteiger partial charge on any atom is 0.243 e. The molecule has 1 N–H and O–H groups in total. The van der Waals surface area contributed by atoms with Gasteiger partial charge in [0.2, 0.25) is 21.9 Å². The minimum absolute atomic E-state index is 0.0503. The molecule has 0 saturated carbocycles. The van der Waals surface area contributed by atoms with E-state index in [1.807, 2.05) is 50.4 Å². The number of ether oxygens (including phenoxy) is 1. The molecule has 1 fully saturated rings. The molecule has 1 amide bonds. The molecule has 1 aliphatic heterocycles. The average Bonchev–Trinajstić information content (AvgIpc) is 3.61. The van der Waals surface area contributed by atoms with Crippen molar-refractivity contribution in [1.29, 1.82) is 0 Å². The zero-order valence-corrected chi connectivity index (χ0v) is 25.0. The predicted molar refractivity (Wildman–Crippen MR) is 161 cm³/mol. The predicted octanol–water partition coefficient (Wildman–Crippen LogP) is 6.27. The molecule has 1 aliphatic rings. The fourth-order valence-electron chi connectivity index (χ4n) is 4.64. The number of anilines is 1. The highest BCUT2D eigenvalue weighted by atomic mass is 35.5. The Morgan fingerprint density at radius 3 is 2.34 bits per heavy atom. The van der Waals surface area contributed by atoms with Crippen LogP contribution in [0.2, 0.25) is 10.0 Å². The Balaban J connectivity index is 1.46. The standard InChI is InChI=1S/C30H30Cl2N4O4S/c1-20-5-12-25(16-21(20)2)36-18-28(22-6-8-23(31)9-7-22)33-30(36)34-29(37)19-35(17-26-4-3-15-40-26)41(38,39)27-13-10-24(32)11-14-27/h5-14,16,18,26H,3-4,15,17,19H2,1-2H3,(H,33,34,37). The van der Waals surface area contributed by atoms with Crippen LogP contribution in [-0.2, 0) is 19.6 Å². The molecule has 1 unspecified atom stereocenters. The van der Waals surface area contributed by atoms with Crippen LogP contribution in [0.15, 0.2) is 77.8 Å². The lowest BCUT2D eigenvalue weighted by atomic mass is 10.1. The van der Waals surface area contributed by atoms with Crippen molar-refractivity contribution < 1.29 is 17.9 Å². The summed E-state index contributed by atoms with van der Waals surface area (Å²) in [5.41, 5.74) is 4.46. The maximum atomic E-state index is 13.6. The second-order valence-corrected chi connectivity index (χ2v) is 12.8. The van der Waals surface area contributed by atoms with Gasteiger partial charge in [-0.05, 0) is 86.3 Å². The summed E-state index contributed by atoms with van der Waals surface area (Å²) >= 11 is 12.1. The molecular weight excluding hydrogens is 583 g/mol. The Bertz CT molecular complexity index is 1650.